The molecule has 0 saturated heterocycles. The number of hydrogen-bond acceptors (Lipinski definition) is 4. The van der Waals surface area contributed by atoms with E-state index in [2.05, 4.69) is 0 Å². The Morgan fingerprint density at radius 1 is 1.22 bits per heavy atom. The molecule has 6 heteroatoms. The summed E-state index contributed by atoms with van der Waals surface area (Å²) in [5, 5.41) is 0. The van der Waals surface area contributed by atoms with E-state index in [-0.39, 0.29) is 12.2 Å². The van der Waals surface area contributed by atoms with Gasteiger partial charge in [-0.05, 0) is 13.8 Å². The van der Waals surface area contributed by atoms with Gasteiger partial charge in [-0.1, -0.05) is 19.6 Å². The second kappa shape index (κ2) is 6.49. The Balaban J connectivity index is 5.21. The van der Waals surface area contributed by atoms with Gasteiger partial charge in [-0.3, -0.25) is 9.59 Å². The molecule has 102 valence electrons. The predicted octanol–water partition coefficient (Wildman–Crippen LogP) is 1.36. The fraction of sp³-hybridized carbons (Fsp3) is 0.583. The summed E-state index contributed by atoms with van der Waals surface area (Å²) >= 11 is 0. The van der Waals surface area contributed by atoms with Crippen molar-refractivity contribution in [3.63, 3.8) is 0 Å². The summed E-state index contributed by atoms with van der Waals surface area (Å²) in [6, 6.07) is 0. The van der Waals surface area contributed by atoms with E-state index in [4.69, 9.17) is 4.74 Å². The Morgan fingerprint density at radius 2 is 1.72 bits per heavy atom. The number of rotatable bonds is 5. The molecule has 0 aliphatic carbocycles. The summed E-state index contributed by atoms with van der Waals surface area (Å²) in [5.74, 6) is -1.52. The highest BCUT2D eigenvalue weighted by Crippen LogP contribution is 2.12. The molecule has 0 unspecified atom stereocenters. The highest BCUT2D eigenvalue weighted by molar-refractivity contribution is 6.75. The Kier molecular flexibility index (Phi) is 5.97. The molecular weight excluding hydrogens is 250 g/mol. The van der Waals surface area contributed by atoms with E-state index in [0.29, 0.717) is 0 Å². The molecule has 0 aliphatic heterocycles. The number of Topliss-reactive ketones (excluding diaryl/α,β-unsaturated/α-hetero) is 1. The van der Waals surface area contributed by atoms with E-state index in [0.717, 1.165) is 6.08 Å². The highest BCUT2D eigenvalue weighted by atomic mass is 28.3. The number of nitrogens with zero attached hydrogens (tertiary/aromatic N) is 1. The lowest BCUT2D eigenvalue weighted by atomic mass is 10.1. The van der Waals surface area contributed by atoms with E-state index < -0.39 is 25.9 Å². The number of esters is 1. The lowest BCUT2D eigenvalue weighted by Crippen LogP contribution is -2.48. The molecule has 0 rings (SSSR count). The minimum Gasteiger partial charge on any atom is -0.463 e. The van der Waals surface area contributed by atoms with Gasteiger partial charge in [0.15, 0.2) is 14.0 Å². The molecule has 0 N–H and O–H groups in total. The number of ether oxygens (including phenoxy) is 1. The minimum atomic E-state index is -1.86. The standard InChI is InChI=1S/C12H21NO4Si/c1-7-17-11(15)8-10(9(2)14)12(16)13(3)18(4,5)6/h8H,7H2,1-6H3. The van der Waals surface area contributed by atoms with Crippen molar-refractivity contribution >= 4 is 25.9 Å². The van der Waals surface area contributed by atoms with Crippen LogP contribution in [0, 0.1) is 0 Å². The molecule has 0 fully saturated rings. The van der Waals surface area contributed by atoms with Crippen LogP contribution in [0.1, 0.15) is 13.8 Å². The zero-order valence-corrected chi connectivity index (χ0v) is 12.9. The van der Waals surface area contributed by atoms with Crippen molar-refractivity contribution in [3.05, 3.63) is 11.6 Å². The van der Waals surface area contributed by atoms with Crippen LogP contribution in [-0.4, -0.2) is 44.1 Å². The van der Waals surface area contributed by atoms with Gasteiger partial charge in [0.2, 0.25) is 5.91 Å². The fourth-order valence-electron chi connectivity index (χ4n) is 1.10. The van der Waals surface area contributed by atoms with Gasteiger partial charge in [0, 0.05) is 13.1 Å². The third-order valence-corrected chi connectivity index (χ3v) is 4.68. The number of ketones is 1. The monoisotopic (exact) mass is 271 g/mol. The first-order valence-corrected chi connectivity index (χ1v) is 9.23. The molecule has 0 bridgehead atoms. The van der Waals surface area contributed by atoms with Crippen molar-refractivity contribution in [3.8, 4) is 0 Å². The van der Waals surface area contributed by atoms with E-state index >= 15 is 0 Å². The van der Waals surface area contributed by atoms with Gasteiger partial charge >= 0.3 is 5.97 Å². The molecular formula is C12H21NO4Si. The second-order valence-electron chi connectivity index (χ2n) is 4.90. The number of carbonyl (C=O) groups excluding carboxylic acids is 3. The van der Waals surface area contributed by atoms with E-state index in [1.165, 1.54) is 6.92 Å². The molecule has 0 heterocycles. The van der Waals surface area contributed by atoms with Crippen LogP contribution in [0.5, 0.6) is 0 Å². The first-order valence-electron chi connectivity index (χ1n) is 5.78. The maximum Gasteiger partial charge on any atom is 0.331 e. The van der Waals surface area contributed by atoms with Crippen molar-refractivity contribution in [2.24, 2.45) is 0 Å². The largest absolute Gasteiger partial charge is 0.463 e. The van der Waals surface area contributed by atoms with Gasteiger partial charge in [0.25, 0.3) is 0 Å². The Hall–Kier alpha value is -1.43. The van der Waals surface area contributed by atoms with Gasteiger partial charge in [0.05, 0.1) is 12.2 Å². The first kappa shape index (κ1) is 16.6. The number of hydrogen-bond donors (Lipinski definition) is 0. The molecule has 0 aromatic rings. The summed E-state index contributed by atoms with van der Waals surface area (Å²) in [4.78, 5) is 34.9. The van der Waals surface area contributed by atoms with Gasteiger partial charge in [-0.15, -0.1) is 0 Å². The number of likely N-dealkylation sites (N-methyl/N-ethyl adjacent to an activating group) is 1. The normalized spacial score (nSPS) is 12.0. The van der Waals surface area contributed by atoms with Crippen LogP contribution in [-0.2, 0) is 19.1 Å². The first-order chi connectivity index (χ1) is 8.11. The summed E-state index contributed by atoms with van der Waals surface area (Å²) in [6.45, 7) is 9.07. The summed E-state index contributed by atoms with van der Waals surface area (Å²) in [5.41, 5.74) is -0.127. The SMILES string of the molecule is CCOC(=O)C=C(C(C)=O)C(=O)N(C)[Si](C)(C)C. The van der Waals surface area contributed by atoms with Crippen LogP contribution in [0.15, 0.2) is 11.6 Å². The van der Waals surface area contributed by atoms with Crippen LogP contribution in [0.25, 0.3) is 0 Å². The van der Waals surface area contributed by atoms with E-state index in [1.54, 1.807) is 18.5 Å². The molecule has 0 aliphatic rings. The van der Waals surface area contributed by atoms with E-state index in [1.807, 2.05) is 19.6 Å². The molecule has 0 spiro atoms. The molecule has 5 nitrogen and oxygen atoms in total. The molecule has 0 atom stereocenters. The smallest absolute Gasteiger partial charge is 0.331 e. The van der Waals surface area contributed by atoms with Crippen molar-refractivity contribution in [1.29, 1.82) is 0 Å². The quantitative estimate of drug-likeness (QED) is 0.249. The lowest BCUT2D eigenvalue weighted by molar-refractivity contribution is -0.138. The minimum absolute atomic E-state index is 0.127. The van der Waals surface area contributed by atoms with Crippen LogP contribution < -0.4 is 0 Å². The van der Waals surface area contributed by atoms with Crippen molar-refractivity contribution in [2.75, 3.05) is 13.7 Å². The average Bonchev–Trinajstić information content (AvgIpc) is 2.22. The van der Waals surface area contributed by atoms with Crippen molar-refractivity contribution in [1.82, 2.24) is 4.57 Å². The highest BCUT2D eigenvalue weighted by Gasteiger charge is 2.29. The number of amides is 1. The third-order valence-electron chi connectivity index (χ3n) is 2.47. The maximum atomic E-state index is 12.1. The van der Waals surface area contributed by atoms with Crippen LogP contribution in [0.4, 0.5) is 0 Å². The second-order valence-corrected chi connectivity index (χ2v) is 9.91. The molecule has 0 radical (unpaired) electrons. The van der Waals surface area contributed by atoms with Gasteiger partial charge in [-0.25, -0.2) is 4.79 Å². The van der Waals surface area contributed by atoms with Gasteiger partial charge < -0.3 is 9.30 Å². The zero-order chi connectivity index (χ0) is 14.5. The Labute approximate surface area is 109 Å². The fourth-order valence-corrected chi connectivity index (χ4v) is 1.83. The molecule has 1 amide bonds. The molecule has 0 aromatic carbocycles. The summed E-state index contributed by atoms with van der Waals surface area (Å²) < 4.78 is 6.27. The predicted molar refractivity (Wildman–Crippen MR) is 71.5 cm³/mol. The van der Waals surface area contributed by atoms with Crippen LogP contribution in [0.3, 0.4) is 0 Å². The molecule has 0 saturated carbocycles. The summed E-state index contributed by atoms with van der Waals surface area (Å²) in [6.07, 6.45) is 0.977. The molecule has 18 heavy (non-hydrogen) atoms. The molecule has 0 aromatic heterocycles. The lowest BCUT2D eigenvalue weighted by Gasteiger charge is -2.30. The Bertz CT molecular complexity index is 382. The Morgan fingerprint density at radius 3 is 2.06 bits per heavy atom. The van der Waals surface area contributed by atoms with Gasteiger partial charge in [0.1, 0.15) is 0 Å². The number of carbonyl (C=O) groups is 3. The third kappa shape index (κ3) is 4.83. The average molecular weight is 271 g/mol. The maximum absolute atomic E-state index is 12.1. The van der Waals surface area contributed by atoms with Crippen LogP contribution in [0.2, 0.25) is 19.6 Å². The van der Waals surface area contributed by atoms with Crippen molar-refractivity contribution < 1.29 is 19.1 Å². The van der Waals surface area contributed by atoms with Crippen LogP contribution >= 0.6 is 0 Å². The van der Waals surface area contributed by atoms with E-state index in [9.17, 15) is 14.4 Å². The summed E-state index contributed by atoms with van der Waals surface area (Å²) in [7, 11) is -0.214. The topological polar surface area (TPSA) is 63.7 Å². The van der Waals surface area contributed by atoms with Gasteiger partial charge in [-0.2, -0.15) is 0 Å². The van der Waals surface area contributed by atoms with Crippen molar-refractivity contribution in [2.45, 2.75) is 33.5 Å². The zero-order valence-electron chi connectivity index (χ0n) is 11.9.